The molecule has 0 saturated heterocycles. The predicted molar refractivity (Wildman–Crippen MR) is 105 cm³/mol. The fraction of sp³-hybridized carbons (Fsp3) is 0.875. The van der Waals surface area contributed by atoms with Gasteiger partial charge in [0.25, 0.3) is 0 Å². The highest BCUT2D eigenvalue weighted by atomic mass is 16.3. The summed E-state index contributed by atoms with van der Waals surface area (Å²) >= 11 is 0. The van der Waals surface area contributed by atoms with Crippen molar-refractivity contribution in [2.75, 3.05) is 0 Å². The summed E-state index contributed by atoms with van der Waals surface area (Å²) in [6.45, 7) is 4.72. The molecule has 0 aromatic rings. The number of allylic oxidation sites excluding steroid dienone is 1. The van der Waals surface area contributed by atoms with E-state index in [0.717, 1.165) is 64.2 Å². The van der Waals surface area contributed by atoms with Crippen LogP contribution in [-0.2, 0) is 4.79 Å². The van der Waals surface area contributed by atoms with Crippen LogP contribution in [-0.4, -0.2) is 27.7 Å². The van der Waals surface area contributed by atoms with Crippen molar-refractivity contribution in [3.8, 4) is 0 Å². The number of hydrogen-bond donors (Lipinski definition) is 2. The van der Waals surface area contributed by atoms with Crippen LogP contribution >= 0.6 is 0 Å². The fourth-order valence-corrected chi connectivity index (χ4v) is 8.70. The molecule has 3 nitrogen and oxygen atoms in total. The smallest absolute Gasteiger partial charge is 0.156 e. The summed E-state index contributed by atoms with van der Waals surface area (Å²) in [5.74, 6) is 2.14. The van der Waals surface area contributed by atoms with Gasteiger partial charge in [-0.15, -0.1) is 0 Å². The second-order valence-corrected chi connectivity index (χ2v) is 11.0. The maximum Gasteiger partial charge on any atom is 0.156 e. The molecule has 3 heteroatoms. The first-order chi connectivity index (χ1) is 12.8. The first-order valence-electron chi connectivity index (χ1n) is 11.4. The van der Waals surface area contributed by atoms with Gasteiger partial charge in [0.15, 0.2) is 5.78 Å². The minimum atomic E-state index is -0.651. The average Bonchev–Trinajstić information content (AvgIpc) is 3.20. The summed E-state index contributed by atoms with van der Waals surface area (Å²) in [4.78, 5) is 12.6. The van der Waals surface area contributed by atoms with E-state index in [-0.39, 0.29) is 28.6 Å². The molecule has 0 aliphatic heterocycles. The van der Waals surface area contributed by atoms with E-state index in [0.29, 0.717) is 24.2 Å². The topological polar surface area (TPSA) is 57.5 Å². The van der Waals surface area contributed by atoms with Crippen molar-refractivity contribution in [1.29, 1.82) is 0 Å². The minimum Gasteiger partial charge on any atom is -0.393 e. The van der Waals surface area contributed by atoms with Gasteiger partial charge in [-0.05, 0) is 86.0 Å². The van der Waals surface area contributed by atoms with Crippen LogP contribution in [0.5, 0.6) is 0 Å². The number of ketones is 1. The predicted octanol–water partition coefficient (Wildman–Crippen LogP) is 4.41. The van der Waals surface area contributed by atoms with Crippen LogP contribution in [0.4, 0.5) is 0 Å². The molecule has 2 N–H and O–H groups in total. The van der Waals surface area contributed by atoms with Gasteiger partial charge in [-0.3, -0.25) is 4.79 Å². The molecule has 0 aromatic carbocycles. The molecule has 0 bridgehead atoms. The first-order valence-corrected chi connectivity index (χ1v) is 11.4. The summed E-state index contributed by atoms with van der Waals surface area (Å²) in [5, 5.41) is 22.3. The molecule has 0 aromatic heterocycles. The number of fused-ring (bicyclic) bond motifs is 5. The lowest BCUT2D eigenvalue weighted by atomic mass is 9.43. The normalized spacial score (nSPS) is 51.3. The molecule has 5 rings (SSSR count). The number of carbonyl (C=O) groups excluding carboxylic acids is 1. The van der Waals surface area contributed by atoms with Gasteiger partial charge in [0.1, 0.15) is 0 Å². The zero-order valence-electron chi connectivity index (χ0n) is 17.0. The molecule has 1 unspecified atom stereocenters. The van der Waals surface area contributed by atoms with Crippen LogP contribution in [0.15, 0.2) is 11.6 Å². The molecule has 4 saturated carbocycles. The van der Waals surface area contributed by atoms with Gasteiger partial charge in [0, 0.05) is 12.3 Å². The van der Waals surface area contributed by atoms with Gasteiger partial charge in [0.2, 0.25) is 0 Å². The van der Waals surface area contributed by atoms with Crippen molar-refractivity contribution < 1.29 is 15.0 Å². The second-order valence-electron chi connectivity index (χ2n) is 11.0. The molecule has 4 fully saturated rings. The Balaban J connectivity index is 1.56. The Labute approximate surface area is 163 Å². The number of carbonyl (C=O) groups is 1. The van der Waals surface area contributed by atoms with Gasteiger partial charge < -0.3 is 10.2 Å². The lowest BCUT2D eigenvalue weighted by Crippen LogP contribution is -2.58. The van der Waals surface area contributed by atoms with Crippen molar-refractivity contribution >= 4 is 5.78 Å². The number of hydrogen-bond acceptors (Lipinski definition) is 3. The summed E-state index contributed by atoms with van der Waals surface area (Å²) in [6.07, 6.45) is 12.8. The molecule has 0 spiro atoms. The zero-order valence-corrected chi connectivity index (χ0v) is 17.0. The van der Waals surface area contributed by atoms with Crippen molar-refractivity contribution in [2.24, 2.45) is 34.5 Å². The van der Waals surface area contributed by atoms with E-state index in [9.17, 15) is 15.0 Å². The summed E-state index contributed by atoms with van der Waals surface area (Å²) in [6, 6.07) is 0. The van der Waals surface area contributed by atoms with Crippen LogP contribution in [0, 0.1) is 34.5 Å². The highest BCUT2D eigenvalue weighted by Gasteiger charge is 2.63. The molecule has 7 atom stereocenters. The highest BCUT2D eigenvalue weighted by molar-refractivity contribution is 5.92. The number of rotatable bonds is 1. The summed E-state index contributed by atoms with van der Waals surface area (Å²) < 4.78 is 0. The minimum absolute atomic E-state index is 0.0369. The van der Waals surface area contributed by atoms with E-state index in [4.69, 9.17) is 0 Å². The molecule has 5 aliphatic rings. The molecule has 0 radical (unpaired) electrons. The second kappa shape index (κ2) is 5.92. The first kappa shape index (κ1) is 18.4. The van der Waals surface area contributed by atoms with Gasteiger partial charge in [-0.25, -0.2) is 0 Å². The third-order valence-corrected chi connectivity index (χ3v) is 10.2. The van der Waals surface area contributed by atoms with Crippen LogP contribution in [0.1, 0.15) is 84.5 Å². The third kappa shape index (κ3) is 2.37. The maximum atomic E-state index is 12.6. The van der Waals surface area contributed by atoms with E-state index >= 15 is 0 Å². The third-order valence-electron chi connectivity index (χ3n) is 10.2. The van der Waals surface area contributed by atoms with Crippen LogP contribution in [0.2, 0.25) is 0 Å². The van der Waals surface area contributed by atoms with Gasteiger partial charge in [-0.1, -0.05) is 32.3 Å². The monoisotopic (exact) mass is 372 g/mol. The molecule has 150 valence electrons. The van der Waals surface area contributed by atoms with E-state index in [1.54, 1.807) is 0 Å². The Hall–Kier alpha value is -0.670. The maximum absolute atomic E-state index is 12.6. The van der Waals surface area contributed by atoms with Crippen molar-refractivity contribution in [3.63, 3.8) is 0 Å². The standard InChI is InChI=1S/C24H36O3/c1-22-12-9-19-17(18(22)7-8-21(22)26)6-5-15-13-16(25)14-20(23(15,19)2)24(27)10-3-4-11-24/h13,17-21,26-27H,3-12,14H2,1-2H3/t17-,18-,19-,20?,21-,22-,23-/m0/s1. The lowest BCUT2D eigenvalue weighted by molar-refractivity contribution is -0.144. The van der Waals surface area contributed by atoms with Crippen molar-refractivity contribution in [2.45, 2.75) is 96.2 Å². The molecular weight excluding hydrogens is 336 g/mol. The van der Waals surface area contributed by atoms with E-state index in [1.165, 1.54) is 5.57 Å². The average molecular weight is 373 g/mol. The molecule has 5 aliphatic carbocycles. The van der Waals surface area contributed by atoms with Crippen LogP contribution in [0.25, 0.3) is 0 Å². The highest BCUT2D eigenvalue weighted by Crippen LogP contribution is 2.68. The summed E-state index contributed by atoms with van der Waals surface area (Å²) in [7, 11) is 0. The van der Waals surface area contributed by atoms with Crippen LogP contribution < -0.4 is 0 Å². The zero-order chi connectivity index (χ0) is 19.0. The Morgan fingerprint density at radius 2 is 1.74 bits per heavy atom. The molecule has 27 heavy (non-hydrogen) atoms. The van der Waals surface area contributed by atoms with E-state index < -0.39 is 5.60 Å². The Kier molecular flexibility index (Phi) is 4.03. The molecular formula is C24H36O3. The van der Waals surface area contributed by atoms with Crippen molar-refractivity contribution in [1.82, 2.24) is 0 Å². The largest absolute Gasteiger partial charge is 0.393 e. The Bertz CT molecular complexity index is 675. The van der Waals surface area contributed by atoms with Gasteiger partial charge in [0.05, 0.1) is 11.7 Å². The number of aliphatic hydroxyl groups is 2. The van der Waals surface area contributed by atoms with E-state index in [1.807, 2.05) is 6.08 Å². The Morgan fingerprint density at radius 1 is 1.00 bits per heavy atom. The van der Waals surface area contributed by atoms with Crippen LogP contribution in [0.3, 0.4) is 0 Å². The quantitative estimate of drug-likeness (QED) is 0.717. The molecule has 0 amide bonds. The Morgan fingerprint density at radius 3 is 2.48 bits per heavy atom. The number of aliphatic hydroxyl groups excluding tert-OH is 1. The molecule has 0 heterocycles. The van der Waals surface area contributed by atoms with Crippen molar-refractivity contribution in [3.05, 3.63) is 11.6 Å². The van der Waals surface area contributed by atoms with E-state index in [2.05, 4.69) is 13.8 Å². The summed E-state index contributed by atoms with van der Waals surface area (Å²) in [5.41, 5.74) is 0.739. The van der Waals surface area contributed by atoms with Gasteiger partial charge in [-0.2, -0.15) is 0 Å². The fourth-order valence-electron chi connectivity index (χ4n) is 8.70. The SMILES string of the molecule is C[C@]12CC[C@H]3[C@@H](CCC4=CC(=O)CC(C5(O)CCCC5)[C@@]43C)[C@@H]1CC[C@@H]2O. The lowest BCUT2D eigenvalue weighted by Gasteiger charge is -2.61. The van der Waals surface area contributed by atoms with Gasteiger partial charge >= 0.3 is 0 Å².